The van der Waals surface area contributed by atoms with E-state index in [0.717, 1.165) is 24.6 Å². The van der Waals surface area contributed by atoms with Gasteiger partial charge in [-0.05, 0) is 0 Å². The van der Waals surface area contributed by atoms with Gasteiger partial charge in [-0.15, -0.1) is 0 Å². The molecule has 0 aliphatic carbocycles. The Balaban J connectivity index is 4.51. The summed E-state index contributed by atoms with van der Waals surface area (Å²) in [5.41, 5.74) is 0.443. The van der Waals surface area contributed by atoms with Crippen molar-refractivity contribution >= 4 is 13.2 Å². The zero-order chi connectivity index (χ0) is 14.0. The maximum absolute atomic E-state index is 11.3. The minimum absolute atomic E-state index is 0.311. The van der Waals surface area contributed by atoms with Crippen LogP contribution in [0.5, 0.6) is 0 Å². The van der Waals surface area contributed by atoms with Crippen LogP contribution in [-0.4, -0.2) is 37.2 Å². The van der Waals surface area contributed by atoms with Gasteiger partial charge in [0.25, 0.3) is 0 Å². The Hall–Kier alpha value is -1.14. The van der Waals surface area contributed by atoms with Crippen molar-refractivity contribution in [2.45, 2.75) is 6.92 Å². The Morgan fingerprint density at radius 1 is 1.11 bits per heavy atom. The van der Waals surface area contributed by atoms with Gasteiger partial charge in [-0.25, -0.2) is 0 Å². The summed E-state index contributed by atoms with van der Waals surface area (Å²) in [4.78, 5) is 11.3. The van der Waals surface area contributed by atoms with Crippen molar-refractivity contribution in [1.29, 1.82) is 0 Å². The fraction of sp³-hybridized carbons (Fsp3) is 0.400. The van der Waals surface area contributed by atoms with E-state index in [1.165, 1.54) is 0 Å². The molecule has 0 saturated carbocycles. The molecule has 0 fully saturated rings. The van der Waals surface area contributed by atoms with Gasteiger partial charge in [0.1, 0.15) is 0 Å². The predicted octanol–water partition coefficient (Wildman–Crippen LogP) is 3.41. The third kappa shape index (κ3) is 5.97. The van der Waals surface area contributed by atoms with Crippen LogP contribution in [-0.2, 0) is 9.53 Å². The molecule has 18 heavy (non-hydrogen) atoms. The quantitative estimate of drug-likeness (QED) is 0.263. The van der Waals surface area contributed by atoms with Crippen molar-refractivity contribution in [1.82, 2.24) is 0 Å². The summed E-state index contributed by atoms with van der Waals surface area (Å²) in [6, 6.07) is 0. The molecule has 0 bridgehead atoms. The Morgan fingerprint density at radius 2 is 1.56 bits per heavy atom. The van der Waals surface area contributed by atoms with Crippen LogP contribution >= 0.6 is 7.26 Å². The SMILES string of the molecule is C=CC[PH](CC=C)(CC=C)CCOC(=O)C(=C)C. The van der Waals surface area contributed by atoms with Gasteiger partial charge in [-0.1, -0.05) is 0 Å². The molecule has 0 aliphatic rings. The van der Waals surface area contributed by atoms with E-state index in [9.17, 15) is 4.79 Å². The standard InChI is InChI=1S/C15H25O2P/c1-6-10-18(11-7-2,12-8-3)13-9-17-15(16)14(4)5/h6-8,18H,1-4,9-13H2,5H3. The molecule has 0 rings (SSSR count). The van der Waals surface area contributed by atoms with Crippen molar-refractivity contribution in [2.24, 2.45) is 0 Å². The molecule has 0 heterocycles. The molecule has 0 amide bonds. The van der Waals surface area contributed by atoms with Crippen LogP contribution in [0.15, 0.2) is 50.1 Å². The molecule has 102 valence electrons. The van der Waals surface area contributed by atoms with Gasteiger partial charge in [0, 0.05) is 0 Å². The van der Waals surface area contributed by atoms with Crippen LogP contribution < -0.4 is 0 Å². The number of carbonyl (C=O) groups is 1. The van der Waals surface area contributed by atoms with Crippen LogP contribution in [0.25, 0.3) is 0 Å². The minimum atomic E-state index is -1.56. The molecule has 0 spiro atoms. The third-order valence-electron chi connectivity index (χ3n) is 2.95. The average Bonchev–Trinajstić information content (AvgIpc) is 2.29. The van der Waals surface area contributed by atoms with Crippen molar-refractivity contribution in [3.63, 3.8) is 0 Å². The van der Waals surface area contributed by atoms with Gasteiger partial charge in [0.05, 0.1) is 0 Å². The second-order valence-corrected chi connectivity index (χ2v) is 9.37. The molecule has 0 aromatic carbocycles. The van der Waals surface area contributed by atoms with Gasteiger partial charge < -0.3 is 0 Å². The van der Waals surface area contributed by atoms with E-state index in [1.807, 2.05) is 18.2 Å². The molecular formula is C15H25O2P. The van der Waals surface area contributed by atoms with E-state index in [-0.39, 0.29) is 5.97 Å². The molecule has 0 aliphatic heterocycles. The molecule has 0 N–H and O–H groups in total. The van der Waals surface area contributed by atoms with E-state index in [4.69, 9.17) is 4.74 Å². The van der Waals surface area contributed by atoms with Crippen LogP contribution in [0, 0.1) is 0 Å². The van der Waals surface area contributed by atoms with Crippen LogP contribution in [0.2, 0.25) is 0 Å². The van der Waals surface area contributed by atoms with E-state index in [0.29, 0.717) is 12.2 Å². The maximum atomic E-state index is 11.3. The fourth-order valence-corrected chi connectivity index (χ4v) is 5.44. The third-order valence-corrected chi connectivity index (χ3v) is 7.67. The molecule has 3 heteroatoms. The topological polar surface area (TPSA) is 26.3 Å². The van der Waals surface area contributed by atoms with Crippen molar-refractivity contribution < 1.29 is 9.53 Å². The van der Waals surface area contributed by atoms with Gasteiger partial charge >= 0.3 is 111 Å². The van der Waals surface area contributed by atoms with Crippen LogP contribution in [0.4, 0.5) is 0 Å². The summed E-state index contributed by atoms with van der Waals surface area (Å²) in [6.07, 6.45) is 9.77. The zero-order valence-electron chi connectivity index (χ0n) is 11.4. The Kier molecular flexibility index (Phi) is 8.32. The molecule has 0 saturated heterocycles. The zero-order valence-corrected chi connectivity index (χ0v) is 12.4. The molecule has 0 aromatic heterocycles. The first-order chi connectivity index (χ1) is 8.51. The van der Waals surface area contributed by atoms with Crippen molar-refractivity contribution in [3.05, 3.63) is 50.1 Å². The van der Waals surface area contributed by atoms with Gasteiger partial charge in [0.2, 0.25) is 0 Å². The first-order valence-corrected chi connectivity index (χ1v) is 8.99. The summed E-state index contributed by atoms with van der Waals surface area (Å²) in [7, 11) is -1.56. The predicted molar refractivity (Wildman–Crippen MR) is 84.1 cm³/mol. The number of ether oxygens (including phenoxy) is 1. The summed E-state index contributed by atoms with van der Waals surface area (Å²) < 4.78 is 5.19. The molecule has 0 aromatic rings. The van der Waals surface area contributed by atoms with Crippen molar-refractivity contribution in [2.75, 3.05) is 31.3 Å². The molecule has 0 radical (unpaired) electrons. The monoisotopic (exact) mass is 268 g/mol. The number of allylic oxidation sites excluding steroid dienone is 3. The average molecular weight is 268 g/mol. The van der Waals surface area contributed by atoms with E-state index >= 15 is 0 Å². The Morgan fingerprint density at radius 3 is 1.89 bits per heavy atom. The van der Waals surface area contributed by atoms with Crippen molar-refractivity contribution in [3.8, 4) is 0 Å². The first kappa shape index (κ1) is 16.9. The van der Waals surface area contributed by atoms with Gasteiger partial charge in [-0.2, -0.15) is 0 Å². The number of carbonyl (C=O) groups excluding carboxylic acids is 1. The van der Waals surface area contributed by atoms with Crippen LogP contribution in [0.3, 0.4) is 0 Å². The number of hydrogen-bond acceptors (Lipinski definition) is 2. The number of rotatable bonds is 10. The van der Waals surface area contributed by atoms with E-state index < -0.39 is 7.26 Å². The fourth-order valence-electron chi connectivity index (χ4n) is 1.96. The summed E-state index contributed by atoms with van der Waals surface area (Å²) in [6.45, 7) is 17.2. The van der Waals surface area contributed by atoms with E-state index in [2.05, 4.69) is 26.3 Å². The summed E-state index contributed by atoms with van der Waals surface area (Å²) >= 11 is 0. The normalized spacial score (nSPS) is 11.4. The Bertz CT molecular complexity index is 305. The van der Waals surface area contributed by atoms with Crippen LogP contribution in [0.1, 0.15) is 6.92 Å². The summed E-state index contributed by atoms with van der Waals surface area (Å²) in [5, 5.41) is 0. The molecule has 0 unspecified atom stereocenters. The molecule has 2 nitrogen and oxygen atoms in total. The number of esters is 1. The Labute approximate surface area is 111 Å². The number of hydrogen-bond donors (Lipinski definition) is 0. The second kappa shape index (κ2) is 8.88. The molecule has 0 atom stereocenters. The molecular weight excluding hydrogens is 243 g/mol. The second-order valence-electron chi connectivity index (χ2n) is 4.64. The van der Waals surface area contributed by atoms with E-state index in [1.54, 1.807) is 6.92 Å². The summed E-state index contributed by atoms with van der Waals surface area (Å²) in [5.74, 6) is -0.311. The first-order valence-electron chi connectivity index (χ1n) is 6.16. The van der Waals surface area contributed by atoms with Gasteiger partial charge in [-0.3, -0.25) is 0 Å². The van der Waals surface area contributed by atoms with Gasteiger partial charge in [0.15, 0.2) is 0 Å².